The minimum atomic E-state index is -3.40. The maximum absolute atomic E-state index is 12.7. The molecule has 1 aliphatic heterocycles. The zero-order valence-corrected chi connectivity index (χ0v) is 13.5. The SMILES string of the molecule is CC(C)N(c1ccc(CN)cc1)S(=O)(=O)CC1CCCO1. The fraction of sp³-hybridized carbons (Fsp3) is 0.600. The smallest absolute Gasteiger partial charge is 0.237 e. The number of nitrogens with zero attached hydrogens (tertiary/aromatic N) is 1. The molecule has 0 amide bonds. The molecule has 1 aromatic rings. The van der Waals surface area contributed by atoms with Crippen LogP contribution in [0.1, 0.15) is 32.3 Å². The molecule has 1 atom stereocenters. The van der Waals surface area contributed by atoms with E-state index in [9.17, 15) is 8.42 Å². The molecule has 0 bridgehead atoms. The van der Waals surface area contributed by atoms with Gasteiger partial charge in [-0.3, -0.25) is 4.31 Å². The molecular weight excluding hydrogens is 288 g/mol. The fourth-order valence-corrected chi connectivity index (χ4v) is 4.63. The molecule has 0 radical (unpaired) electrons. The molecule has 1 saturated heterocycles. The van der Waals surface area contributed by atoms with Gasteiger partial charge >= 0.3 is 0 Å². The Balaban J connectivity index is 2.23. The van der Waals surface area contributed by atoms with Crippen LogP contribution in [0.4, 0.5) is 5.69 Å². The van der Waals surface area contributed by atoms with E-state index in [4.69, 9.17) is 10.5 Å². The van der Waals surface area contributed by atoms with Crippen molar-refractivity contribution in [3.05, 3.63) is 29.8 Å². The van der Waals surface area contributed by atoms with Crippen LogP contribution >= 0.6 is 0 Å². The number of rotatable bonds is 6. The second-order valence-electron chi connectivity index (χ2n) is 5.67. The number of anilines is 1. The first kappa shape index (κ1) is 16.3. The van der Waals surface area contributed by atoms with Crippen molar-refractivity contribution in [1.29, 1.82) is 0 Å². The zero-order chi connectivity index (χ0) is 15.5. The molecule has 21 heavy (non-hydrogen) atoms. The van der Waals surface area contributed by atoms with Gasteiger partial charge in [0.05, 0.1) is 17.5 Å². The van der Waals surface area contributed by atoms with Gasteiger partial charge in [-0.25, -0.2) is 8.42 Å². The molecule has 1 aromatic carbocycles. The van der Waals surface area contributed by atoms with E-state index in [0.29, 0.717) is 18.8 Å². The number of benzene rings is 1. The van der Waals surface area contributed by atoms with Crippen molar-refractivity contribution >= 4 is 15.7 Å². The van der Waals surface area contributed by atoms with Gasteiger partial charge in [0.25, 0.3) is 0 Å². The lowest BCUT2D eigenvalue weighted by Gasteiger charge is -2.29. The molecule has 1 fully saturated rings. The number of ether oxygens (including phenoxy) is 1. The monoisotopic (exact) mass is 312 g/mol. The van der Waals surface area contributed by atoms with Crippen molar-refractivity contribution in [2.75, 3.05) is 16.7 Å². The van der Waals surface area contributed by atoms with Crippen molar-refractivity contribution in [3.8, 4) is 0 Å². The van der Waals surface area contributed by atoms with Crippen LogP contribution in [0, 0.1) is 0 Å². The van der Waals surface area contributed by atoms with Gasteiger partial charge < -0.3 is 10.5 Å². The van der Waals surface area contributed by atoms with Crippen molar-refractivity contribution in [3.63, 3.8) is 0 Å². The summed E-state index contributed by atoms with van der Waals surface area (Å²) in [6.07, 6.45) is 1.57. The largest absolute Gasteiger partial charge is 0.377 e. The summed E-state index contributed by atoms with van der Waals surface area (Å²) in [6, 6.07) is 7.23. The van der Waals surface area contributed by atoms with Crippen molar-refractivity contribution in [2.45, 2.75) is 45.4 Å². The molecule has 0 saturated carbocycles. The quantitative estimate of drug-likeness (QED) is 0.870. The first-order valence-corrected chi connectivity index (χ1v) is 8.97. The molecule has 1 unspecified atom stereocenters. The van der Waals surface area contributed by atoms with E-state index in [0.717, 1.165) is 18.4 Å². The summed E-state index contributed by atoms with van der Waals surface area (Å²) < 4.78 is 32.4. The van der Waals surface area contributed by atoms with Crippen LogP contribution in [0.3, 0.4) is 0 Å². The summed E-state index contributed by atoms with van der Waals surface area (Å²) in [5.41, 5.74) is 7.25. The highest BCUT2D eigenvalue weighted by Gasteiger charge is 2.30. The average molecular weight is 312 g/mol. The fourth-order valence-electron chi connectivity index (χ4n) is 2.65. The Labute approximate surface area is 127 Å². The third-order valence-corrected chi connectivity index (χ3v) is 5.64. The van der Waals surface area contributed by atoms with Gasteiger partial charge in [-0.1, -0.05) is 12.1 Å². The molecule has 1 heterocycles. The summed E-state index contributed by atoms with van der Waals surface area (Å²) in [4.78, 5) is 0. The molecule has 0 aromatic heterocycles. The highest BCUT2D eigenvalue weighted by molar-refractivity contribution is 7.92. The number of sulfonamides is 1. The van der Waals surface area contributed by atoms with E-state index in [2.05, 4.69) is 0 Å². The lowest BCUT2D eigenvalue weighted by molar-refractivity contribution is 0.127. The second kappa shape index (κ2) is 6.77. The minimum absolute atomic E-state index is 0.0455. The first-order valence-electron chi connectivity index (χ1n) is 7.37. The molecule has 1 aliphatic rings. The summed E-state index contributed by atoms with van der Waals surface area (Å²) >= 11 is 0. The third kappa shape index (κ3) is 3.96. The van der Waals surface area contributed by atoms with E-state index in [1.165, 1.54) is 4.31 Å². The first-order chi connectivity index (χ1) is 9.94. The number of hydrogen-bond acceptors (Lipinski definition) is 4. The molecule has 5 nitrogen and oxygen atoms in total. The molecule has 0 spiro atoms. The van der Waals surface area contributed by atoms with Crippen LogP contribution in [-0.4, -0.2) is 32.9 Å². The third-order valence-electron chi connectivity index (χ3n) is 3.62. The van der Waals surface area contributed by atoms with Gasteiger partial charge in [-0.15, -0.1) is 0 Å². The van der Waals surface area contributed by atoms with E-state index in [1.807, 2.05) is 38.1 Å². The molecule has 6 heteroatoms. The predicted molar refractivity (Wildman–Crippen MR) is 84.7 cm³/mol. The second-order valence-corrected chi connectivity index (χ2v) is 7.56. The Hall–Kier alpha value is -1.11. The lowest BCUT2D eigenvalue weighted by Crippen LogP contribution is -2.41. The van der Waals surface area contributed by atoms with Crippen LogP contribution in [0.15, 0.2) is 24.3 Å². The van der Waals surface area contributed by atoms with Crippen LogP contribution in [0.5, 0.6) is 0 Å². The van der Waals surface area contributed by atoms with Crippen LogP contribution < -0.4 is 10.0 Å². The molecule has 2 N–H and O–H groups in total. The van der Waals surface area contributed by atoms with Gasteiger partial charge in [-0.05, 0) is 44.4 Å². The van der Waals surface area contributed by atoms with E-state index in [-0.39, 0.29) is 17.9 Å². The van der Waals surface area contributed by atoms with Crippen molar-refractivity contribution in [2.24, 2.45) is 5.73 Å². The maximum Gasteiger partial charge on any atom is 0.237 e. The average Bonchev–Trinajstić information content (AvgIpc) is 2.91. The minimum Gasteiger partial charge on any atom is -0.377 e. The summed E-state index contributed by atoms with van der Waals surface area (Å²) in [5, 5.41) is 0. The standard InChI is InChI=1S/C15H24N2O3S/c1-12(2)17(14-7-5-13(10-16)6-8-14)21(18,19)11-15-4-3-9-20-15/h5-8,12,15H,3-4,9-11,16H2,1-2H3. The highest BCUT2D eigenvalue weighted by Crippen LogP contribution is 2.24. The molecule has 0 aliphatic carbocycles. The Morgan fingerprint density at radius 2 is 2.00 bits per heavy atom. The topological polar surface area (TPSA) is 72.6 Å². The van der Waals surface area contributed by atoms with Crippen molar-refractivity contribution < 1.29 is 13.2 Å². The summed E-state index contributed by atoms with van der Waals surface area (Å²) in [7, 11) is -3.40. The van der Waals surface area contributed by atoms with E-state index in [1.54, 1.807) is 0 Å². The Bertz CT molecular complexity index is 549. The maximum atomic E-state index is 12.7. The van der Waals surface area contributed by atoms with Crippen LogP contribution in [0.25, 0.3) is 0 Å². The number of nitrogens with two attached hydrogens (primary N) is 1. The van der Waals surface area contributed by atoms with E-state index < -0.39 is 10.0 Å². The molecule has 2 rings (SSSR count). The predicted octanol–water partition coefficient (Wildman–Crippen LogP) is 1.87. The Morgan fingerprint density at radius 3 is 2.48 bits per heavy atom. The highest BCUT2D eigenvalue weighted by atomic mass is 32.2. The van der Waals surface area contributed by atoms with Gasteiger partial charge in [0.2, 0.25) is 10.0 Å². The van der Waals surface area contributed by atoms with Gasteiger partial charge in [0, 0.05) is 19.2 Å². The lowest BCUT2D eigenvalue weighted by atomic mass is 10.2. The van der Waals surface area contributed by atoms with Crippen molar-refractivity contribution in [1.82, 2.24) is 0 Å². The van der Waals surface area contributed by atoms with E-state index >= 15 is 0 Å². The summed E-state index contributed by atoms with van der Waals surface area (Å²) in [5.74, 6) is 0.0455. The van der Waals surface area contributed by atoms with Crippen LogP contribution in [-0.2, 0) is 21.3 Å². The molecule has 118 valence electrons. The van der Waals surface area contributed by atoms with Gasteiger partial charge in [0.1, 0.15) is 0 Å². The zero-order valence-electron chi connectivity index (χ0n) is 12.7. The van der Waals surface area contributed by atoms with Crippen LogP contribution in [0.2, 0.25) is 0 Å². The molecular formula is C15H24N2O3S. The van der Waals surface area contributed by atoms with Gasteiger partial charge in [0.15, 0.2) is 0 Å². The van der Waals surface area contributed by atoms with Gasteiger partial charge in [-0.2, -0.15) is 0 Å². The number of hydrogen-bond donors (Lipinski definition) is 1. The Morgan fingerprint density at radius 1 is 1.33 bits per heavy atom. The Kier molecular flexibility index (Phi) is 5.24. The normalized spacial score (nSPS) is 19.1. The summed E-state index contributed by atoms with van der Waals surface area (Å²) in [6.45, 7) is 4.87.